The molecule has 0 radical (unpaired) electrons. The van der Waals surface area contributed by atoms with E-state index in [2.05, 4.69) is 0 Å². The molecule has 2 aromatic rings. The van der Waals surface area contributed by atoms with Crippen LogP contribution in [0.4, 0.5) is 4.39 Å². The van der Waals surface area contributed by atoms with E-state index in [1.54, 1.807) is 7.11 Å². The van der Waals surface area contributed by atoms with Gasteiger partial charge < -0.3 is 14.4 Å². The van der Waals surface area contributed by atoms with Gasteiger partial charge in [-0.15, -0.1) is 0 Å². The number of likely N-dealkylation sites (tertiary alicyclic amines) is 1. The highest BCUT2D eigenvalue weighted by atomic mass is 35.5. The molecule has 1 aliphatic heterocycles. The zero-order chi connectivity index (χ0) is 18.5. The third kappa shape index (κ3) is 4.47. The van der Waals surface area contributed by atoms with Gasteiger partial charge in [-0.25, -0.2) is 4.39 Å². The fourth-order valence-electron chi connectivity index (χ4n) is 3.24. The summed E-state index contributed by atoms with van der Waals surface area (Å²) < 4.78 is 23.9. The standard InChI is InChI=1S/C20H21ClFNO3/c1-25-16-6-2-4-14(11-16)10-15-5-3-9-23(15)20(24)13-26-17-7-8-19(22)18(21)12-17/h2,4,6-8,11-12,15H,3,5,9-10,13H2,1H3. The van der Waals surface area contributed by atoms with Crippen molar-refractivity contribution >= 4 is 17.5 Å². The van der Waals surface area contributed by atoms with Crippen molar-refractivity contribution in [1.29, 1.82) is 0 Å². The number of nitrogens with zero attached hydrogens (tertiary/aromatic N) is 1. The minimum atomic E-state index is -0.511. The second kappa shape index (κ2) is 8.41. The van der Waals surface area contributed by atoms with Crippen LogP contribution in [0.3, 0.4) is 0 Å². The molecule has 0 spiro atoms. The average molecular weight is 378 g/mol. The lowest BCUT2D eigenvalue weighted by molar-refractivity contribution is -0.134. The van der Waals surface area contributed by atoms with E-state index in [-0.39, 0.29) is 23.6 Å². The van der Waals surface area contributed by atoms with Crippen molar-refractivity contribution in [1.82, 2.24) is 4.90 Å². The Balaban J connectivity index is 1.59. The predicted molar refractivity (Wildman–Crippen MR) is 98.3 cm³/mol. The quantitative estimate of drug-likeness (QED) is 0.760. The van der Waals surface area contributed by atoms with Crippen molar-refractivity contribution in [3.8, 4) is 11.5 Å². The van der Waals surface area contributed by atoms with Gasteiger partial charge in [0.1, 0.15) is 17.3 Å². The van der Waals surface area contributed by atoms with Crippen LogP contribution in [-0.4, -0.2) is 37.1 Å². The fraction of sp³-hybridized carbons (Fsp3) is 0.350. The zero-order valence-corrected chi connectivity index (χ0v) is 15.3. The highest BCUT2D eigenvalue weighted by Crippen LogP contribution is 2.24. The molecule has 1 unspecified atom stereocenters. The van der Waals surface area contributed by atoms with Crippen LogP contribution in [-0.2, 0) is 11.2 Å². The first kappa shape index (κ1) is 18.5. The van der Waals surface area contributed by atoms with E-state index in [1.807, 2.05) is 29.2 Å². The molecule has 1 heterocycles. The van der Waals surface area contributed by atoms with Crippen molar-refractivity contribution in [2.75, 3.05) is 20.3 Å². The first-order valence-electron chi connectivity index (χ1n) is 8.57. The summed E-state index contributed by atoms with van der Waals surface area (Å²) in [7, 11) is 1.64. The minimum absolute atomic E-state index is 0.0213. The molecular weight excluding hydrogens is 357 g/mol. The van der Waals surface area contributed by atoms with Crippen LogP contribution < -0.4 is 9.47 Å². The van der Waals surface area contributed by atoms with Gasteiger partial charge in [0, 0.05) is 18.7 Å². The fourth-order valence-corrected chi connectivity index (χ4v) is 3.41. The highest BCUT2D eigenvalue weighted by Gasteiger charge is 2.29. The maximum absolute atomic E-state index is 13.2. The number of amides is 1. The Morgan fingerprint density at radius 2 is 2.12 bits per heavy atom. The molecule has 138 valence electrons. The molecule has 1 amide bonds. The van der Waals surface area contributed by atoms with Gasteiger partial charge in [-0.05, 0) is 49.1 Å². The van der Waals surface area contributed by atoms with Crippen LogP contribution in [0.25, 0.3) is 0 Å². The Morgan fingerprint density at radius 1 is 1.27 bits per heavy atom. The number of carbonyl (C=O) groups is 1. The molecule has 6 heteroatoms. The molecule has 1 fully saturated rings. The van der Waals surface area contributed by atoms with Gasteiger partial charge in [-0.2, -0.15) is 0 Å². The smallest absolute Gasteiger partial charge is 0.260 e. The molecule has 0 aromatic heterocycles. The van der Waals surface area contributed by atoms with E-state index in [0.29, 0.717) is 5.75 Å². The van der Waals surface area contributed by atoms with Crippen LogP contribution in [0, 0.1) is 5.82 Å². The summed E-state index contributed by atoms with van der Waals surface area (Å²) in [6.45, 7) is 0.636. The van der Waals surface area contributed by atoms with Gasteiger partial charge in [0.2, 0.25) is 0 Å². The SMILES string of the molecule is COc1cccc(CC2CCCN2C(=O)COc2ccc(F)c(Cl)c2)c1. The van der Waals surface area contributed by atoms with E-state index in [0.717, 1.165) is 37.1 Å². The average Bonchev–Trinajstić information content (AvgIpc) is 3.10. The number of ether oxygens (including phenoxy) is 2. The van der Waals surface area contributed by atoms with Crippen LogP contribution >= 0.6 is 11.6 Å². The van der Waals surface area contributed by atoms with Gasteiger partial charge in [0.25, 0.3) is 5.91 Å². The summed E-state index contributed by atoms with van der Waals surface area (Å²) in [5.74, 6) is 0.613. The molecule has 1 saturated heterocycles. The van der Waals surface area contributed by atoms with E-state index >= 15 is 0 Å². The van der Waals surface area contributed by atoms with Crippen molar-refractivity contribution in [2.45, 2.75) is 25.3 Å². The molecule has 1 aliphatic rings. The molecule has 0 bridgehead atoms. The van der Waals surface area contributed by atoms with Crippen molar-refractivity contribution in [3.63, 3.8) is 0 Å². The first-order valence-corrected chi connectivity index (χ1v) is 8.95. The molecule has 26 heavy (non-hydrogen) atoms. The largest absolute Gasteiger partial charge is 0.497 e. The van der Waals surface area contributed by atoms with Crippen LogP contribution in [0.2, 0.25) is 5.02 Å². The summed E-state index contributed by atoms with van der Waals surface area (Å²) in [6, 6.07) is 12.1. The second-order valence-electron chi connectivity index (χ2n) is 6.30. The molecule has 0 aliphatic carbocycles. The number of halogens is 2. The van der Waals surface area contributed by atoms with E-state index in [9.17, 15) is 9.18 Å². The van der Waals surface area contributed by atoms with E-state index in [4.69, 9.17) is 21.1 Å². The summed E-state index contributed by atoms with van der Waals surface area (Å²) >= 11 is 5.73. The van der Waals surface area contributed by atoms with Crippen LogP contribution in [0.1, 0.15) is 18.4 Å². The molecule has 2 aromatic carbocycles. The number of hydrogen-bond acceptors (Lipinski definition) is 3. The summed E-state index contributed by atoms with van der Waals surface area (Å²) in [5, 5.41) is -0.0213. The number of benzene rings is 2. The maximum atomic E-state index is 13.2. The van der Waals surface area contributed by atoms with Crippen molar-refractivity contribution < 1.29 is 18.7 Å². The van der Waals surface area contributed by atoms with Crippen LogP contribution in [0.15, 0.2) is 42.5 Å². The molecular formula is C20H21ClFNO3. The van der Waals surface area contributed by atoms with E-state index in [1.165, 1.54) is 18.2 Å². The van der Waals surface area contributed by atoms with Gasteiger partial charge >= 0.3 is 0 Å². The number of carbonyl (C=O) groups excluding carboxylic acids is 1. The highest BCUT2D eigenvalue weighted by molar-refractivity contribution is 6.30. The lowest BCUT2D eigenvalue weighted by Gasteiger charge is -2.25. The third-order valence-corrected chi connectivity index (χ3v) is 4.85. The Labute approximate surface area is 157 Å². The first-order chi connectivity index (χ1) is 12.6. The Bertz CT molecular complexity index is 783. The summed E-state index contributed by atoms with van der Waals surface area (Å²) in [4.78, 5) is 14.4. The Hall–Kier alpha value is -2.27. The van der Waals surface area contributed by atoms with Crippen LogP contribution in [0.5, 0.6) is 11.5 Å². The second-order valence-corrected chi connectivity index (χ2v) is 6.71. The van der Waals surface area contributed by atoms with Gasteiger partial charge in [0.05, 0.1) is 12.1 Å². The molecule has 3 rings (SSSR count). The van der Waals surface area contributed by atoms with Gasteiger partial charge in [-0.3, -0.25) is 4.79 Å². The monoisotopic (exact) mass is 377 g/mol. The lowest BCUT2D eigenvalue weighted by atomic mass is 10.0. The normalized spacial score (nSPS) is 16.6. The summed E-state index contributed by atoms with van der Waals surface area (Å²) in [6.07, 6.45) is 2.72. The number of methoxy groups -OCH3 is 1. The number of hydrogen-bond donors (Lipinski definition) is 0. The maximum Gasteiger partial charge on any atom is 0.260 e. The predicted octanol–water partition coefficient (Wildman–Crippen LogP) is 4.10. The molecule has 1 atom stereocenters. The van der Waals surface area contributed by atoms with Crippen molar-refractivity contribution in [2.24, 2.45) is 0 Å². The van der Waals surface area contributed by atoms with E-state index < -0.39 is 5.82 Å². The number of rotatable bonds is 6. The van der Waals surface area contributed by atoms with Gasteiger partial charge in [-0.1, -0.05) is 23.7 Å². The Morgan fingerprint density at radius 3 is 2.88 bits per heavy atom. The Kier molecular flexibility index (Phi) is 5.99. The van der Waals surface area contributed by atoms with Gasteiger partial charge in [0.15, 0.2) is 6.61 Å². The summed E-state index contributed by atoms with van der Waals surface area (Å²) in [5.41, 5.74) is 1.14. The lowest BCUT2D eigenvalue weighted by Crippen LogP contribution is -2.39. The molecule has 4 nitrogen and oxygen atoms in total. The molecule has 0 N–H and O–H groups in total. The minimum Gasteiger partial charge on any atom is -0.497 e. The molecule has 0 saturated carbocycles. The third-order valence-electron chi connectivity index (χ3n) is 4.56. The topological polar surface area (TPSA) is 38.8 Å². The zero-order valence-electron chi connectivity index (χ0n) is 14.6. The van der Waals surface area contributed by atoms with Crippen molar-refractivity contribution in [3.05, 3.63) is 58.9 Å².